The molecule has 0 spiro atoms. The lowest BCUT2D eigenvalue weighted by atomic mass is 9.89. The molecule has 0 aliphatic heterocycles. The first kappa shape index (κ1) is 19.2. The van der Waals surface area contributed by atoms with Gasteiger partial charge in [0.05, 0.1) is 12.1 Å². The minimum Gasteiger partial charge on any atom is -0.367 e. The molecule has 0 bridgehead atoms. The second-order valence-electron chi connectivity index (χ2n) is 4.32. The number of carbonyl (C=O) groups excluding carboxylic acids is 2. The molecule has 1 rings (SSSR count). The molecule has 118 valence electrons. The van der Waals surface area contributed by atoms with Crippen LogP contribution in [0.15, 0.2) is 24.3 Å². The van der Waals surface area contributed by atoms with Crippen LogP contribution < -0.4 is 16.8 Å². The summed E-state index contributed by atoms with van der Waals surface area (Å²) in [5, 5.41) is 2.23. The van der Waals surface area contributed by atoms with E-state index in [1.54, 1.807) is 0 Å². The number of benzene rings is 1. The van der Waals surface area contributed by atoms with Crippen molar-refractivity contribution in [2.45, 2.75) is 18.6 Å². The molecule has 0 aromatic heterocycles. The van der Waals surface area contributed by atoms with E-state index in [4.69, 9.17) is 11.5 Å². The fourth-order valence-electron chi connectivity index (χ4n) is 1.61. The number of alkyl halides is 3. The van der Waals surface area contributed by atoms with Crippen LogP contribution in [-0.2, 0) is 21.3 Å². The predicted molar refractivity (Wildman–Crippen MR) is 72.4 cm³/mol. The lowest BCUT2D eigenvalue weighted by molar-refractivity contribution is -0.138. The van der Waals surface area contributed by atoms with Gasteiger partial charge in [0.1, 0.15) is 5.54 Å². The van der Waals surface area contributed by atoms with E-state index in [0.29, 0.717) is 0 Å². The second-order valence-corrected chi connectivity index (χ2v) is 4.32. The maximum atomic E-state index is 12.7. The number of nitrogens with two attached hydrogens (primary N) is 2. The van der Waals surface area contributed by atoms with Gasteiger partial charge in [0.25, 0.3) is 0 Å². The average Bonchev–Trinajstić information content (AvgIpc) is 2.37. The van der Waals surface area contributed by atoms with Gasteiger partial charge in [-0.3, -0.25) is 9.59 Å². The maximum Gasteiger partial charge on any atom is 0.416 e. The van der Waals surface area contributed by atoms with Gasteiger partial charge in [-0.05, 0) is 24.6 Å². The number of amides is 2. The Balaban J connectivity index is 0.00000400. The number of hydrogen-bond acceptors (Lipinski definition) is 3. The second kappa shape index (κ2) is 6.77. The molecule has 5 N–H and O–H groups in total. The van der Waals surface area contributed by atoms with E-state index < -0.39 is 35.6 Å². The van der Waals surface area contributed by atoms with Crippen LogP contribution in [0.2, 0.25) is 0 Å². The number of primary amides is 1. The molecule has 0 aliphatic carbocycles. The van der Waals surface area contributed by atoms with Crippen LogP contribution in [0.3, 0.4) is 0 Å². The fourth-order valence-corrected chi connectivity index (χ4v) is 1.61. The first-order valence-electron chi connectivity index (χ1n) is 5.60. The molecule has 1 unspecified atom stereocenters. The first-order chi connectivity index (χ1) is 9.11. The van der Waals surface area contributed by atoms with E-state index in [2.05, 4.69) is 5.32 Å². The Morgan fingerprint density at radius 2 is 1.76 bits per heavy atom. The summed E-state index contributed by atoms with van der Waals surface area (Å²) >= 11 is 0. The number of carbonyl (C=O) groups is 2. The fraction of sp³-hybridized carbons (Fsp3) is 0.333. The molecule has 0 fully saturated rings. The Kier molecular flexibility index (Phi) is 6.19. The van der Waals surface area contributed by atoms with Gasteiger partial charge >= 0.3 is 6.18 Å². The Hall–Kier alpha value is -1.80. The molecule has 1 aromatic rings. The van der Waals surface area contributed by atoms with Crippen molar-refractivity contribution in [2.75, 3.05) is 6.54 Å². The van der Waals surface area contributed by atoms with Crippen molar-refractivity contribution in [3.63, 3.8) is 0 Å². The molecule has 2 amide bonds. The topological polar surface area (TPSA) is 98.2 Å². The van der Waals surface area contributed by atoms with E-state index in [-0.39, 0.29) is 18.0 Å². The summed E-state index contributed by atoms with van der Waals surface area (Å²) < 4.78 is 38.0. The highest BCUT2D eigenvalue weighted by molar-refractivity contribution is 5.91. The molecule has 9 heteroatoms. The Morgan fingerprint density at radius 3 is 2.19 bits per heavy atom. The van der Waals surface area contributed by atoms with Crippen molar-refractivity contribution in [3.8, 4) is 0 Å². The standard InChI is InChI=1S/C12H14F3N3O2.ClH/c1-11(10(17)20,18-9(19)6-16)7-3-2-4-8(5-7)12(13,14)15;/h2-5H,6,16H2,1H3,(H2,17,20)(H,18,19);1H. The van der Waals surface area contributed by atoms with Crippen LogP contribution in [0.5, 0.6) is 0 Å². The quantitative estimate of drug-likeness (QED) is 0.767. The average molecular weight is 326 g/mol. The van der Waals surface area contributed by atoms with Crippen molar-refractivity contribution in [1.82, 2.24) is 5.32 Å². The Labute approximate surface area is 125 Å². The third-order valence-electron chi connectivity index (χ3n) is 2.83. The molecule has 0 radical (unpaired) electrons. The molecular weight excluding hydrogens is 311 g/mol. The third-order valence-corrected chi connectivity index (χ3v) is 2.83. The first-order valence-corrected chi connectivity index (χ1v) is 5.60. The Bertz CT molecular complexity index is 537. The molecule has 0 saturated carbocycles. The molecule has 1 aromatic carbocycles. The molecule has 0 heterocycles. The largest absolute Gasteiger partial charge is 0.416 e. The van der Waals surface area contributed by atoms with Gasteiger partial charge < -0.3 is 16.8 Å². The van der Waals surface area contributed by atoms with Crippen molar-refractivity contribution in [3.05, 3.63) is 35.4 Å². The lowest BCUT2D eigenvalue weighted by Gasteiger charge is -2.28. The minimum absolute atomic E-state index is 0. The lowest BCUT2D eigenvalue weighted by Crippen LogP contribution is -2.54. The van der Waals surface area contributed by atoms with Gasteiger partial charge in [0, 0.05) is 0 Å². The zero-order valence-corrected chi connectivity index (χ0v) is 11.8. The third kappa shape index (κ3) is 4.33. The molecule has 21 heavy (non-hydrogen) atoms. The van der Waals surface area contributed by atoms with Gasteiger partial charge in [-0.25, -0.2) is 0 Å². The molecule has 0 saturated heterocycles. The highest BCUT2D eigenvalue weighted by Crippen LogP contribution is 2.32. The van der Waals surface area contributed by atoms with Crippen LogP contribution in [0.25, 0.3) is 0 Å². The smallest absolute Gasteiger partial charge is 0.367 e. The van der Waals surface area contributed by atoms with Crippen LogP contribution >= 0.6 is 12.4 Å². The normalized spacial score (nSPS) is 13.8. The van der Waals surface area contributed by atoms with Gasteiger partial charge in [-0.2, -0.15) is 13.2 Å². The summed E-state index contributed by atoms with van der Waals surface area (Å²) in [6.07, 6.45) is -4.56. The minimum atomic E-state index is -4.56. The summed E-state index contributed by atoms with van der Waals surface area (Å²) in [4.78, 5) is 22.8. The van der Waals surface area contributed by atoms with E-state index in [1.807, 2.05) is 0 Å². The van der Waals surface area contributed by atoms with Crippen molar-refractivity contribution < 1.29 is 22.8 Å². The maximum absolute atomic E-state index is 12.7. The monoisotopic (exact) mass is 325 g/mol. The summed E-state index contributed by atoms with van der Waals surface area (Å²) in [5.74, 6) is -1.69. The highest BCUT2D eigenvalue weighted by Gasteiger charge is 2.37. The van der Waals surface area contributed by atoms with E-state index >= 15 is 0 Å². The molecule has 5 nitrogen and oxygen atoms in total. The van der Waals surface area contributed by atoms with Gasteiger partial charge in [-0.1, -0.05) is 12.1 Å². The number of hydrogen-bond donors (Lipinski definition) is 3. The highest BCUT2D eigenvalue weighted by atomic mass is 35.5. The zero-order valence-electron chi connectivity index (χ0n) is 11.0. The Morgan fingerprint density at radius 1 is 1.24 bits per heavy atom. The number of rotatable bonds is 4. The van der Waals surface area contributed by atoms with E-state index in [9.17, 15) is 22.8 Å². The van der Waals surface area contributed by atoms with Crippen LogP contribution in [0.4, 0.5) is 13.2 Å². The van der Waals surface area contributed by atoms with Crippen molar-refractivity contribution >= 4 is 24.2 Å². The van der Waals surface area contributed by atoms with Gasteiger partial charge in [-0.15, -0.1) is 12.4 Å². The SMILES string of the molecule is CC(NC(=O)CN)(C(N)=O)c1cccc(C(F)(F)F)c1.Cl. The van der Waals surface area contributed by atoms with Crippen molar-refractivity contribution in [1.29, 1.82) is 0 Å². The number of nitrogens with one attached hydrogen (secondary N) is 1. The molecule has 1 atom stereocenters. The van der Waals surface area contributed by atoms with Gasteiger partial charge in [0.15, 0.2) is 0 Å². The van der Waals surface area contributed by atoms with Crippen LogP contribution in [0.1, 0.15) is 18.1 Å². The van der Waals surface area contributed by atoms with Gasteiger partial charge in [0.2, 0.25) is 11.8 Å². The summed E-state index contributed by atoms with van der Waals surface area (Å²) in [6.45, 7) is 0.806. The molecular formula is C12H15ClF3N3O2. The number of halogens is 4. The van der Waals surface area contributed by atoms with Crippen LogP contribution in [0, 0.1) is 0 Å². The zero-order chi connectivity index (χ0) is 15.6. The van der Waals surface area contributed by atoms with E-state index in [0.717, 1.165) is 18.2 Å². The molecule has 0 aliphatic rings. The summed E-state index contributed by atoms with van der Waals surface area (Å²) in [6, 6.07) is 4.03. The van der Waals surface area contributed by atoms with E-state index in [1.165, 1.54) is 13.0 Å². The summed E-state index contributed by atoms with van der Waals surface area (Å²) in [5.41, 5.74) is 7.53. The summed E-state index contributed by atoms with van der Waals surface area (Å²) in [7, 11) is 0. The van der Waals surface area contributed by atoms with Crippen molar-refractivity contribution in [2.24, 2.45) is 11.5 Å². The van der Waals surface area contributed by atoms with Crippen LogP contribution in [-0.4, -0.2) is 18.4 Å². The predicted octanol–water partition coefficient (Wildman–Crippen LogP) is 0.903.